The van der Waals surface area contributed by atoms with Crippen molar-refractivity contribution in [3.8, 4) is 6.07 Å². The van der Waals surface area contributed by atoms with Gasteiger partial charge in [0.25, 0.3) is 0 Å². The summed E-state index contributed by atoms with van der Waals surface area (Å²) in [6, 6.07) is 5.59. The number of ether oxygens (including phenoxy) is 1. The van der Waals surface area contributed by atoms with E-state index in [-0.39, 0.29) is 12.4 Å². The van der Waals surface area contributed by atoms with Gasteiger partial charge < -0.3 is 4.74 Å². The molecule has 0 saturated heterocycles. The molecule has 0 aromatic heterocycles. The Balaban J connectivity index is 3.17. The van der Waals surface area contributed by atoms with Gasteiger partial charge in [-0.3, -0.25) is 4.79 Å². The lowest BCUT2D eigenvalue weighted by molar-refractivity contribution is -0.139. The highest BCUT2D eigenvalue weighted by molar-refractivity contribution is 6.32. The molecule has 16 heavy (non-hydrogen) atoms. The van der Waals surface area contributed by atoms with E-state index in [1.807, 2.05) is 19.1 Å². The molecule has 0 amide bonds. The highest BCUT2D eigenvalue weighted by Gasteiger charge is 2.12. The van der Waals surface area contributed by atoms with Crippen LogP contribution in [0.25, 0.3) is 0 Å². The lowest BCUT2D eigenvalue weighted by atomic mass is 10.0. The fraction of sp³-hybridized carbons (Fsp3) is 0.333. The third kappa shape index (κ3) is 2.74. The fourth-order valence-electron chi connectivity index (χ4n) is 1.39. The Labute approximate surface area is 99.6 Å². The second-order valence-corrected chi connectivity index (χ2v) is 3.71. The Kier molecular flexibility index (Phi) is 4.33. The lowest BCUT2D eigenvalue weighted by Gasteiger charge is -2.07. The summed E-state index contributed by atoms with van der Waals surface area (Å²) in [6.07, 6.45) is 0.887. The molecule has 0 atom stereocenters. The third-order valence-electron chi connectivity index (χ3n) is 2.30. The average molecular weight is 238 g/mol. The van der Waals surface area contributed by atoms with Crippen molar-refractivity contribution in [3.05, 3.63) is 33.8 Å². The predicted molar refractivity (Wildman–Crippen MR) is 61.3 cm³/mol. The summed E-state index contributed by atoms with van der Waals surface area (Å²) in [7, 11) is 1.32. The Bertz CT molecular complexity index is 449. The summed E-state index contributed by atoms with van der Waals surface area (Å²) in [5, 5.41) is 9.24. The first kappa shape index (κ1) is 12.5. The van der Waals surface area contributed by atoms with Crippen LogP contribution in [0.3, 0.4) is 0 Å². The minimum Gasteiger partial charge on any atom is -0.469 e. The molecular weight excluding hydrogens is 226 g/mol. The number of benzene rings is 1. The zero-order chi connectivity index (χ0) is 12.1. The average Bonchev–Trinajstić information content (AvgIpc) is 2.31. The van der Waals surface area contributed by atoms with E-state index >= 15 is 0 Å². The first-order valence-corrected chi connectivity index (χ1v) is 5.28. The Hall–Kier alpha value is -1.53. The smallest absolute Gasteiger partial charge is 0.310 e. The maximum absolute atomic E-state index is 11.2. The van der Waals surface area contributed by atoms with Crippen LogP contribution >= 0.6 is 11.6 Å². The van der Waals surface area contributed by atoms with Gasteiger partial charge >= 0.3 is 5.97 Å². The quantitative estimate of drug-likeness (QED) is 0.759. The van der Waals surface area contributed by atoms with Crippen molar-refractivity contribution in [2.45, 2.75) is 19.8 Å². The Morgan fingerprint density at radius 1 is 1.56 bits per heavy atom. The van der Waals surface area contributed by atoms with Gasteiger partial charge in [0.1, 0.15) is 6.07 Å². The summed E-state index contributed by atoms with van der Waals surface area (Å²) >= 11 is 6.01. The molecule has 0 unspecified atom stereocenters. The highest BCUT2D eigenvalue weighted by Crippen LogP contribution is 2.24. The largest absolute Gasteiger partial charge is 0.469 e. The van der Waals surface area contributed by atoms with Gasteiger partial charge in [0.05, 0.1) is 24.1 Å². The molecule has 0 heterocycles. The van der Waals surface area contributed by atoms with Crippen molar-refractivity contribution >= 4 is 17.6 Å². The maximum atomic E-state index is 11.2. The molecule has 1 rings (SSSR count). The fourth-order valence-corrected chi connectivity index (χ4v) is 1.61. The van der Waals surface area contributed by atoms with Gasteiger partial charge in [-0.25, -0.2) is 0 Å². The third-order valence-corrected chi connectivity index (χ3v) is 2.75. The highest BCUT2D eigenvalue weighted by atomic mass is 35.5. The molecule has 84 valence electrons. The van der Waals surface area contributed by atoms with Crippen molar-refractivity contribution in [1.82, 2.24) is 0 Å². The molecular formula is C12H12ClNO2. The summed E-state index contributed by atoms with van der Waals surface area (Å²) < 4.78 is 4.58. The molecule has 3 nitrogen and oxygen atoms in total. The topological polar surface area (TPSA) is 50.1 Å². The van der Waals surface area contributed by atoms with Crippen LogP contribution in [0.1, 0.15) is 23.6 Å². The van der Waals surface area contributed by atoms with E-state index in [4.69, 9.17) is 16.9 Å². The zero-order valence-corrected chi connectivity index (χ0v) is 9.97. The minimum absolute atomic E-state index is 0.0951. The number of rotatable bonds is 3. The van der Waals surface area contributed by atoms with Crippen LogP contribution in [0.2, 0.25) is 5.02 Å². The number of halogens is 1. The molecule has 1 aromatic carbocycles. The summed E-state index contributed by atoms with van der Waals surface area (Å²) in [6.45, 7) is 1.98. The van der Waals surface area contributed by atoms with Crippen LogP contribution in [0, 0.1) is 11.3 Å². The maximum Gasteiger partial charge on any atom is 0.310 e. The van der Waals surface area contributed by atoms with E-state index in [1.165, 1.54) is 7.11 Å². The normalized spacial score (nSPS) is 9.62. The van der Waals surface area contributed by atoms with Crippen molar-refractivity contribution < 1.29 is 9.53 Å². The first-order chi connectivity index (χ1) is 7.62. The number of nitrogens with zero attached hydrogens (tertiary/aromatic N) is 1. The van der Waals surface area contributed by atoms with Crippen molar-refractivity contribution in [2.75, 3.05) is 7.11 Å². The van der Waals surface area contributed by atoms with Crippen LogP contribution in [0.5, 0.6) is 0 Å². The van der Waals surface area contributed by atoms with Gasteiger partial charge in [0.2, 0.25) is 0 Å². The SMILES string of the molecule is CCc1cc(C#N)c(Cl)c(CC(=O)OC)c1. The van der Waals surface area contributed by atoms with Gasteiger partial charge in [0, 0.05) is 0 Å². The molecule has 4 heteroatoms. The predicted octanol–water partition coefficient (Wildman–Crippen LogP) is 2.49. The van der Waals surface area contributed by atoms with Crippen molar-refractivity contribution in [2.24, 2.45) is 0 Å². The Morgan fingerprint density at radius 2 is 2.25 bits per heavy atom. The van der Waals surface area contributed by atoms with Crippen molar-refractivity contribution in [3.63, 3.8) is 0 Å². The van der Waals surface area contributed by atoms with E-state index in [0.29, 0.717) is 16.1 Å². The van der Waals surface area contributed by atoms with Gasteiger partial charge in [-0.15, -0.1) is 0 Å². The molecule has 0 fully saturated rings. The molecule has 0 aliphatic rings. The monoisotopic (exact) mass is 237 g/mol. The molecule has 1 aromatic rings. The molecule has 0 spiro atoms. The molecule has 0 aliphatic carbocycles. The zero-order valence-electron chi connectivity index (χ0n) is 9.21. The molecule has 0 saturated carbocycles. The number of carbonyl (C=O) groups excluding carboxylic acids is 1. The van der Waals surface area contributed by atoms with Crippen LogP contribution < -0.4 is 0 Å². The van der Waals surface area contributed by atoms with Crippen LogP contribution in [-0.2, 0) is 22.4 Å². The minimum atomic E-state index is -0.362. The Morgan fingerprint density at radius 3 is 2.75 bits per heavy atom. The molecule has 0 N–H and O–H groups in total. The number of methoxy groups -OCH3 is 1. The number of carbonyl (C=O) groups is 1. The standard InChI is InChI=1S/C12H12ClNO2/c1-3-8-4-9(6-11(15)16-2)12(13)10(5-8)7-14/h4-5H,3,6H2,1-2H3. The van der Waals surface area contributed by atoms with Gasteiger partial charge in [-0.1, -0.05) is 24.6 Å². The second kappa shape index (κ2) is 5.53. The van der Waals surface area contributed by atoms with E-state index < -0.39 is 0 Å². The summed E-state index contributed by atoms with van der Waals surface area (Å²) in [5.41, 5.74) is 2.03. The number of hydrogen-bond donors (Lipinski definition) is 0. The summed E-state index contributed by atoms with van der Waals surface area (Å²) in [5.74, 6) is -0.362. The number of aryl methyl sites for hydroxylation is 1. The van der Waals surface area contributed by atoms with E-state index in [2.05, 4.69) is 4.74 Å². The second-order valence-electron chi connectivity index (χ2n) is 3.33. The molecule has 0 radical (unpaired) electrons. The van der Waals surface area contributed by atoms with Crippen LogP contribution in [0.15, 0.2) is 12.1 Å². The number of hydrogen-bond acceptors (Lipinski definition) is 3. The lowest BCUT2D eigenvalue weighted by Crippen LogP contribution is -2.06. The van der Waals surface area contributed by atoms with E-state index in [9.17, 15) is 4.79 Å². The first-order valence-electron chi connectivity index (χ1n) is 4.90. The molecule has 0 bridgehead atoms. The van der Waals surface area contributed by atoms with Crippen molar-refractivity contribution in [1.29, 1.82) is 5.26 Å². The molecule has 0 aliphatic heterocycles. The van der Waals surface area contributed by atoms with Gasteiger partial charge in [-0.2, -0.15) is 5.26 Å². The number of nitriles is 1. The van der Waals surface area contributed by atoms with Gasteiger partial charge in [-0.05, 0) is 23.6 Å². The van der Waals surface area contributed by atoms with E-state index in [1.54, 1.807) is 6.07 Å². The van der Waals surface area contributed by atoms with Gasteiger partial charge in [0.15, 0.2) is 0 Å². The van der Waals surface area contributed by atoms with Crippen LogP contribution in [-0.4, -0.2) is 13.1 Å². The van der Waals surface area contributed by atoms with Crippen LogP contribution in [0.4, 0.5) is 0 Å². The summed E-state index contributed by atoms with van der Waals surface area (Å²) in [4.78, 5) is 11.2. The van der Waals surface area contributed by atoms with E-state index in [0.717, 1.165) is 12.0 Å². The number of esters is 1.